The van der Waals surface area contributed by atoms with Gasteiger partial charge in [0.1, 0.15) is 0 Å². The molecule has 21 heavy (non-hydrogen) atoms. The van der Waals surface area contributed by atoms with Gasteiger partial charge in [0, 0.05) is 16.2 Å². The van der Waals surface area contributed by atoms with Gasteiger partial charge in [0.25, 0.3) is 5.89 Å². The van der Waals surface area contributed by atoms with Crippen molar-refractivity contribution in [1.29, 1.82) is 0 Å². The third-order valence-corrected chi connectivity index (χ3v) is 3.40. The molecular weight excluding hydrogens is 358 g/mol. The summed E-state index contributed by atoms with van der Waals surface area (Å²) in [5.41, 5.74) is 0.860. The van der Waals surface area contributed by atoms with E-state index in [1.807, 2.05) is 24.3 Å². The summed E-state index contributed by atoms with van der Waals surface area (Å²) in [7, 11) is 0. The SMILES string of the molecule is Clc1ncccc1OCc1nc(-c2cccc(Br)c2)no1. The molecule has 0 N–H and O–H groups in total. The van der Waals surface area contributed by atoms with Crippen LogP contribution in [0.25, 0.3) is 11.4 Å². The van der Waals surface area contributed by atoms with E-state index in [0.717, 1.165) is 10.0 Å². The van der Waals surface area contributed by atoms with Crippen molar-refractivity contribution in [1.82, 2.24) is 15.1 Å². The Morgan fingerprint density at radius 3 is 2.95 bits per heavy atom. The third-order valence-electron chi connectivity index (χ3n) is 2.63. The Bertz CT molecular complexity index is 763. The van der Waals surface area contributed by atoms with E-state index >= 15 is 0 Å². The summed E-state index contributed by atoms with van der Waals surface area (Å²) in [6.45, 7) is 0.131. The smallest absolute Gasteiger partial charge is 0.264 e. The van der Waals surface area contributed by atoms with E-state index < -0.39 is 0 Å². The van der Waals surface area contributed by atoms with E-state index in [0.29, 0.717) is 22.6 Å². The van der Waals surface area contributed by atoms with Gasteiger partial charge < -0.3 is 9.26 Å². The Morgan fingerprint density at radius 1 is 1.24 bits per heavy atom. The molecule has 0 aliphatic carbocycles. The normalized spacial score (nSPS) is 10.6. The molecule has 0 amide bonds. The van der Waals surface area contributed by atoms with Gasteiger partial charge in [-0.2, -0.15) is 4.98 Å². The molecule has 3 aromatic rings. The first-order valence-electron chi connectivity index (χ1n) is 6.04. The maximum absolute atomic E-state index is 5.90. The number of hydrogen-bond acceptors (Lipinski definition) is 5. The van der Waals surface area contributed by atoms with Crippen LogP contribution in [-0.4, -0.2) is 15.1 Å². The molecule has 7 heteroatoms. The van der Waals surface area contributed by atoms with E-state index in [9.17, 15) is 0 Å². The summed E-state index contributed by atoms with van der Waals surface area (Å²) in [5, 5.41) is 4.22. The number of halogens is 2. The predicted octanol–water partition coefficient (Wildman–Crippen LogP) is 4.13. The van der Waals surface area contributed by atoms with Crippen molar-refractivity contribution in [2.24, 2.45) is 0 Å². The number of aromatic nitrogens is 3. The molecule has 0 radical (unpaired) electrons. The first kappa shape index (κ1) is 14.0. The van der Waals surface area contributed by atoms with Crippen LogP contribution in [-0.2, 0) is 6.61 Å². The monoisotopic (exact) mass is 365 g/mol. The molecule has 3 rings (SSSR count). The summed E-state index contributed by atoms with van der Waals surface area (Å²) in [6, 6.07) is 11.1. The molecule has 0 atom stereocenters. The number of benzene rings is 1. The van der Waals surface area contributed by atoms with Gasteiger partial charge in [-0.15, -0.1) is 0 Å². The van der Waals surface area contributed by atoms with Crippen molar-refractivity contribution < 1.29 is 9.26 Å². The highest BCUT2D eigenvalue weighted by Gasteiger charge is 2.10. The van der Waals surface area contributed by atoms with Crippen LogP contribution in [0.4, 0.5) is 0 Å². The zero-order valence-corrected chi connectivity index (χ0v) is 13.0. The highest BCUT2D eigenvalue weighted by atomic mass is 79.9. The topological polar surface area (TPSA) is 61.0 Å². The molecule has 0 saturated carbocycles. The molecular formula is C14H9BrClN3O2. The molecule has 2 aromatic heterocycles. The Labute approximate surface area is 134 Å². The Kier molecular flexibility index (Phi) is 4.17. The fourth-order valence-corrected chi connectivity index (χ4v) is 2.25. The number of pyridine rings is 1. The maximum atomic E-state index is 5.90. The summed E-state index contributed by atoms with van der Waals surface area (Å²) < 4.78 is 11.6. The van der Waals surface area contributed by atoms with Crippen LogP contribution in [0.5, 0.6) is 5.75 Å². The molecule has 0 fully saturated rings. The van der Waals surface area contributed by atoms with E-state index in [1.54, 1.807) is 18.3 Å². The number of nitrogens with zero attached hydrogens (tertiary/aromatic N) is 3. The van der Waals surface area contributed by atoms with Crippen molar-refractivity contribution in [2.45, 2.75) is 6.61 Å². The first-order valence-corrected chi connectivity index (χ1v) is 7.21. The van der Waals surface area contributed by atoms with Gasteiger partial charge in [0.2, 0.25) is 5.82 Å². The fraction of sp³-hybridized carbons (Fsp3) is 0.0714. The van der Waals surface area contributed by atoms with Gasteiger partial charge in [0.15, 0.2) is 17.5 Å². The average Bonchev–Trinajstić information content (AvgIpc) is 2.95. The molecule has 1 aromatic carbocycles. The Morgan fingerprint density at radius 2 is 2.14 bits per heavy atom. The van der Waals surface area contributed by atoms with E-state index in [2.05, 4.69) is 31.1 Å². The zero-order chi connectivity index (χ0) is 14.7. The van der Waals surface area contributed by atoms with Gasteiger partial charge in [-0.05, 0) is 24.3 Å². The van der Waals surface area contributed by atoms with Crippen molar-refractivity contribution in [3.8, 4) is 17.1 Å². The van der Waals surface area contributed by atoms with Crippen LogP contribution < -0.4 is 4.74 Å². The first-order chi connectivity index (χ1) is 10.2. The quantitative estimate of drug-likeness (QED) is 0.650. The van der Waals surface area contributed by atoms with Crippen molar-refractivity contribution in [3.05, 3.63) is 58.1 Å². The fourth-order valence-electron chi connectivity index (χ4n) is 1.68. The van der Waals surface area contributed by atoms with Crippen LogP contribution in [0.15, 0.2) is 51.6 Å². The Hall–Kier alpha value is -1.92. The summed E-state index contributed by atoms with van der Waals surface area (Å²) in [6.07, 6.45) is 1.59. The number of hydrogen-bond donors (Lipinski definition) is 0. The lowest BCUT2D eigenvalue weighted by Crippen LogP contribution is -1.96. The van der Waals surface area contributed by atoms with Crippen LogP contribution >= 0.6 is 27.5 Å². The largest absolute Gasteiger partial charge is 0.481 e. The van der Waals surface area contributed by atoms with Crippen LogP contribution in [0.1, 0.15) is 5.89 Å². The lowest BCUT2D eigenvalue weighted by atomic mass is 10.2. The van der Waals surface area contributed by atoms with Crippen LogP contribution in [0, 0.1) is 0 Å². The van der Waals surface area contributed by atoms with Crippen LogP contribution in [0.2, 0.25) is 5.15 Å². The van der Waals surface area contributed by atoms with Crippen molar-refractivity contribution >= 4 is 27.5 Å². The van der Waals surface area contributed by atoms with Gasteiger partial charge >= 0.3 is 0 Å². The molecule has 0 spiro atoms. The lowest BCUT2D eigenvalue weighted by molar-refractivity contribution is 0.242. The summed E-state index contributed by atoms with van der Waals surface area (Å²) in [4.78, 5) is 8.20. The third kappa shape index (κ3) is 3.40. The zero-order valence-electron chi connectivity index (χ0n) is 10.7. The average molecular weight is 367 g/mol. The predicted molar refractivity (Wildman–Crippen MR) is 81.0 cm³/mol. The molecule has 0 saturated heterocycles. The molecule has 0 aliphatic heterocycles. The maximum Gasteiger partial charge on any atom is 0.264 e. The van der Waals surface area contributed by atoms with E-state index in [4.69, 9.17) is 20.9 Å². The standard InChI is InChI=1S/C14H9BrClN3O2/c15-10-4-1-3-9(7-10)14-18-12(21-19-14)8-20-11-5-2-6-17-13(11)16/h1-7H,8H2. The highest BCUT2D eigenvalue weighted by molar-refractivity contribution is 9.10. The number of ether oxygens (including phenoxy) is 1. The van der Waals surface area contributed by atoms with Gasteiger partial charge in [-0.25, -0.2) is 4.98 Å². The van der Waals surface area contributed by atoms with Gasteiger partial charge in [-0.1, -0.05) is 44.8 Å². The minimum absolute atomic E-state index is 0.131. The lowest BCUT2D eigenvalue weighted by Gasteiger charge is -2.03. The van der Waals surface area contributed by atoms with Crippen molar-refractivity contribution in [3.63, 3.8) is 0 Å². The molecule has 2 heterocycles. The van der Waals surface area contributed by atoms with Gasteiger partial charge in [-0.3, -0.25) is 0 Å². The van der Waals surface area contributed by atoms with Crippen molar-refractivity contribution in [2.75, 3.05) is 0 Å². The molecule has 106 valence electrons. The summed E-state index contributed by atoms with van der Waals surface area (Å²) >= 11 is 9.30. The minimum Gasteiger partial charge on any atom is -0.481 e. The highest BCUT2D eigenvalue weighted by Crippen LogP contribution is 2.23. The van der Waals surface area contributed by atoms with E-state index in [1.165, 1.54) is 0 Å². The van der Waals surface area contributed by atoms with Crippen LogP contribution in [0.3, 0.4) is 0 Å². The minimum atomic E-state index is 0.131. The molecule has 5 nitrogen and oxygen atoms in total. The number of rotatable bonds is 4. The Balaban J connectivity index is 1.72. The second-order valence-electron chi connectivity index (χ2n) is 4.10. The molecule has 0 unspecified atom stereocenters. The summed E-state index contributed by atoms with van der Waals surface area (Å²) in [5.74, 6) is 1.35. The molecule has 0 bridgehead atoms. The second kappa shape index (κ2) is 6.24. The van der Waals surface area contributed by atoms with Gasteiger partial charge in [0.05, 0.1) is 0 Å². The van der Waals surface area contributed by atoms with E-state index in [-0.39, 0.29) is 6.61 Å². The second-order valence-corrected chi connectivity index (χ2v) is 5.38. The molecule has 0 aliphatic rings.